The summed E-state index contributed by atoms with van der Waals surface area (Å²) in [5.41, 5.74) is 2.31. The first kappa shape index (κ1) is 23.3. The lowest BCUT2D eigenvalue weighted by atomic mass is 9.61. The van der Waals surface area contributed by atoms with E-state index in [1.54, 1.807) is 0 Å². The topological polar surface area (TPSA) is 25.8 Å². The molecule has 4 rings (SSSR count). The first-order valence-electron chi connectivity index (χ1n) is 13.5. The van der Waals surface area contributed by atoms with Crippen molar-refractivity contribution in [2.24, 2.45) is 0 Å². The van der Waals surface area contributed by atoms with E-state index in [9.17, 15) is 0 Å². The molecule has 0 saturated heterocycles. The van der Waals surface area contributed by atoms with Crippen LogP contribution in [0.25, 0.3) is 10.3 Å². The zero-order valence-electron chi connectivity index (χ0n) is 19.6. The first-order chi connectivity index (χ1) is 15.4. The molecular formula is C27H42BN2S. The lowest BCUT2D eigenvalue weighted by Crippen LogP contribution is -2.19. The molecule has 0 bridgehead atoms. The molecule has 2 aromatic heterocycles. The van der Waals surface area contributed by atoms with Crippen LogP contribution in [-0.4, -0.2) is 17.2 Å². The molecule has 0 N–H and O–H groups in total. The predicted octanol–water partition coefficient (Wildman–Crippen LogP) is 8.33. The maximum atomic E-state index is 5.10. The van der Waals surface area contributed by atoms with Gasteiger partial charge in [-0.25, -0.2) is 9.97 Å². The van der Waals surface area contributed by atoms with E-state index in [1.807, 2.05) is 11.3 Å². The van der Waals surface area contributed by atoms with Crippen LogP contribution in [-0.2, 0) is 0 Å². The van der Waals surface area contributed by atoms with Crippen molar-refractivity contribution in [2.75, 3.05) is 0 Å². The van der Waals surface area contributed by atoms with Crippen LogP contribution in [0.4, 0.5) is 0 Å². The Labute approximate surface area is 195 Å². The molecule has 2 aliphatic carbocycles. The zero-order valence-corrected chi connectivity index (χ0v) is 20.4. The fourth-order valence-electron chi connectivity index (χ4n) is 5.64. The largest absolute Gasteiger partial charge is 0.233 e. The summed E-state index contributed by atoms with van der Waals surface area (Å²) in [6.07, 6.45) is 26.5. The van der Waals surface area contributed by atoms with Crippen molar-refractivity contribution < 1.29 is 0 Å². The van der Waals surface area contributed by atoms with Gasteiger partial charge < -0.3 is 0 Å². The first-order valence-corrected chi connectivity index (χ1v) is 14.3. The van der Waals surface area contributed by atoms with E-state index >= 15 is 0 Å². The number of aromatic nitrogens is 2. The number of fused-ring (bicyclic) bond motifs is 1. The fourth-order valence-corrected chi connectivity index (χ4v) is 6.58. The van der Waals surface area contributed by atoms with Crippen molar-refractivity contribution in [2.45, 2.75) is 134 Å². The van der Waals surface area contributed by atoms with Crippen molar-refractivity contribution in [3.05, 3.63) is 17.8 Å². The maximum Gasteiger partial charge on any atom is 0.195 e. The molecule has 0 spiro atoms. The molecule has 2 aromatic rings. The summed E-state index contributed by atoms with van der Waals surface area (Å²) in [5.74, 6) is 1.34. The second kappa shape index (κ2) is 13.0. The van der Waals surface area contributed by atoms with E-state index in [2.05, 4.69) is 19.4 Å². The van der Waals surface area contributed by atoms with Crippen LogP contribution in [0, 0.1) is 0 Å². The van der Waals surface area contributed by atoms with Crippen LogP contribution in [0.5, 0.6) is 0 Å². The van der Waals surface area contributed by atoms with Crippen LogP contribution < -0.4 is 4.91 Å². The van der Waals surface area contributed by atoms with Crippen molar-refractivity contribution in [1.82, 2.24) is 9.97 Å². The van der Waals surface area contributed by atoms with Gasteiger partial charge in [0, 0.05) is 16.5 Å². The van der Waals surface area contributed by atoms with Gasteiger partial charge in [-0.2, -0.15) is 0 Å². The van der Waals surface area contributed by atoms with Gasteiger partial charge in [-0.3, -0.25) is 0 Å². The van der Waals surface area contributed by atoms with E-state index in [-0.39, 0.29) is 0 Å². The quantitative estimate of drug-likeness (QED) is 0.451. The molecule has 2 nitrogen and oxygen atoms in total. The van der Waals surface area contributed by atoms with Gasteiger partial charge in [0.25, 0.3) is 0 Å². The Balaban J connectivity index is 1.41. The van der Waals surface area contributed by atoms with Gasteiger partial charge in [0.1, 0.15) is 0 Å². The standard InChI is InChI=1S/C27H42BN2S/c1-2-5-9-13-17-22(16-12-8-4-1)24-20-21-25-26(29-24)30-27(31-25)28-23-18-14-10-6-3-7-11-15-19-23/h20-23H,1-19H2. The highest BCUT2D eigenvalue weighted by Gasteiger charge is 2.18. The number of rotatable bonds is 3. The summed E-state index contributed by atoms with van der Waals surface area (Å²) >= 11 is 1.85. The Morgan fingerprint density at radius 3 is 1.71 bits per heavy atom. The van der Waals surface area contributed by atoms with E-state index in [0.717, 1.165) is 5.65 Å². The van der Waals surface area contributed by atoms with E-state index in [1.165, 1.54) is 137 Å². The van der Waals surface area contributed by atoms with Gasteiger partial charge in [-0.05, 0) is 25.0 Å². The normalized spacial score (nSPS) is 22.1. The van der Waals surface area contributed by atoms with Crippen LogP contribution in [0.1, 0.15) is 134 Å². The van der Waals surface area contributed by atoms with E-state index in [0.29, 0.717) is 11.7 Å². The minimum absolute atomic E-state index is 0.634. The molecule has 0 amide bonds. The van der Waals surface area contributed by atoms with E-state index < -0.39 is 0 Å². The molecule has 1 radical (unpaired) electrons. The maximum absolute atomic E-state index is 5.10. The van der Waals surface area contributed by atoms with Gasteiger partial charge in [0.15, 0.2) is 12.9 Å². The third-order valence-corrected chi connectivity index (χ3v) is 8.57. The molecule has 0 unspecified atom stereocenters. The minimum Gasteiger partial charge on any atom is -0.233 e. The summed E-state index contributed by atoms with van der Waals surface area (Å²) in [5, 5.41) is 0. The van der Waals surface area contributed by atoms with Crippen molar-refractivity contribution in [3.8, 4) is 0 Å². The average molecular weight is 438 g/mol. The molecule has 0 aromatic carbocycles. The number of hydrogen-bond acceptors (Lipinski definition) is 3. The van der Waals surface area contributed by atoms with Crippen LogP contribution in [0.3, 0.4) is 0 Å². The Kier molecular flexibility index (Phi) is 9.73. The summed E-state index contributed by atoms with van der Waals surface area (Å²) in [7, 11) is 2.49. The zero-order chi connectivity index (χ0) is 21.1. The Morgan fingerprint density at radius 2 is 1.13 bits per heavy atom. The molecule has 31 heavy (non-hydrogen) atoms. The second-order valence-electron chi connectivity index (χ2n) is 10.2. The number of thiazole rings is 1. The Bertz CT molecular complexity index is 752. The van der Waals surface area contributed by atoms with Gasteiger partial charge in [0.05, 0.1) is 4.70 Å². The van der Waals surface area contributed by atoms with E-state index in [4.69, 9.17) is 9.97 Å². The molecular weight excluding hydrogens is 395 g/mol. The highest BCUT2D eigenvalue weighted by molar-refractivity contribution is 7.26. The highest BCUT2D eigenvalue weighted by Crippen LogP contribution is 2.31. The summed E-state index contributed by atoms with van der Waals surface area (Å²) in [4.78, 5) is 11.3. The third-order valence-electron chi connectivity index (χ3n) is 7.59. The fraction of sp³-hybridized carbons (Fsp3) is 0.778. The molecule has 2 heterocycles. The Hall–Kier alpha value is -0.895. The van der Waals surface area contributed by atoms with Gasteiger partial charge in [-0.1, -0.05) is 115 Å². The third kappa shape index (κ3) is 7.58. The van der Waals surface area contributed by atoms with Crippen molar-refractivity contribution in [1.29, 1.82) is 0 Å². The predicted molar refractivity (Wildman–Crippen MR) is 137 cm³/mol. The number of nitrogens with zero attached hydrogens (tertiary/aromatic N) is 2. The molecule has 0 aliphatic heterocycles. The van der Waals surface area contributed by atoms with Crippen molar-refractivity contribution in [3.63, 3.8) is 0 Å². The molecule has 169 valence electrons. The average Bonchev–Trinajstić information content (AvgIpc) is 3.16. The highest BCUT2D eigenvalue weighted by atomic mass is 32.1. The Morgan fingerprint density at radius 1 is 0.613 bits per heavy atom. The molecule has 2 saturated carbocycles. The summed E-state index contributed by atoms with van der Waals surface area (Å²) in [6.45, 7) is 0. The minimum atomic E-state index is 0.634. The van der Waals surface area contributed by atoms with Crippen LogP contribution in [0.2, 0.25) is 5.82 Å². The number of hydrogen-bond donors (Lipinski definition) is 0. The molecule has 2 aliphatic rings. The van der Waals surface area contributed by atoms with Crippen LogP contribution in [0.15, 0.2) is 12.1 Å². The summed E-state index contributed by atoms with van der Waals surface area (Å²) in [6, 6.07) is 4.63. The van der Waals surface area contributed by atoms with Gasteiger partial charge in [0.2, 0.25) is 0 Å². The SMILES string of the molecule is [B](c1nc2nc(C3CCCCCCCCCC3)ccc2s1)C1CCCCCCCCC1. The summed E-state index contributed by atoms with van der Waals surface area (Å²) < 4.78 is 1.27. The lowest BCUT2D eigenvalue weighted by molar-refractivity contribution is 0.503. The smallest absolute Gasteiger partial charge is 0.195 e. The molecule has 0 atom stereocenters. The van der Waals surface area contributed by atoms with Gasteiger partial charge >= 0.3 is 0 Å². The monoisotopic (exact) mass is 437 g/mol. The van der Waals surface area contributed by atoms with Crippen LogP contribution >= 0.6 is 11.3 Å². The molecule has 4 heteroatoms. The van der Waals surface area contributed by atoms with Gasteiger partial charge in [-0.15, -0.1) is 11.3 Å². The molecule has 2 fully saturated rings. The van der Waals surface area contributed by atoms with Crippen molar-refractivity contribution >= 4 is 33.9 Å². The number of pyridine rings is 1. The second-order valence-corrected chi connectivity index (χ2v) is 11.3. The lowest BCUT2D eigenvalue weighted by Gasteiger charge is -2.16.